The van der Waals surface area contributed by atoms with Gasteiger partial charge >= 0.3 is 0 Å². The van der Waals surface area contributed by atoms with Crippen LogP contribution in [0.3, 0.4) is 0 Å². The van der Waals surface area contributed by atoms with Gasteiger partial charge in [-0.05, 0) is 51.0 Å². The first kappa shape index (κ1) is 12.8. The molecule has 0 saturated heterocycles. The maximum Gasteiger partial charge on any atom is 0.238 e. The van der Waals surface area contributed by atoms with E-state index in [2.05, 4.69) is 4.90 Å². The number of nitrogens with zero attached hydrogens (tertiary/aromatic N) is 1. The molecule has 2 bridgehead atoms. The van der Waals surface area contributed by atoms with Gasteiger partial charge in [-0.2, -0.15) is 0 Å². The normalized spacial score (nSPS) is 35.2. The highest BCUT2D eigenvalue weighted by molar-refractivity contribution is 5.84. The number of carbonyl (C=O) groups excluding carboxylic acids is 1. The highest BCUT2D eigenvalue weighted by atomic mass is 16.1. The van der Waals surface area contributed by atoms with Gasteiger partial charge in [-0.15, -0.1) is 0 Å². The van der Waals surface area contributed by atoms with Crippen molar-refractivity contribution in [1.29, 1.82) is 0 Å². The molecular weight excluding hydrogens is 214 g/mol. The molecule has 4 N–H and O–H groups in total. The number of fused-ring (bicyclic) bond motifs is 2. The fourth-order valence-corrected chi connectivity index (χ4v) is 3.70. The van der Waals surface area contributed by atoms with Gasteiger partial charge in [0.1, 0.15) is 5.54 Å². The second kappa shape index (κ2) is 4.58. The van der Waals surface area contributed by atoms with E-state index in [1.807, 2.05) is 7.05 Å². The number of amides is 1. The molecule has 4 nitrogen and oxygen atoms in total. The van der Waals surface area contributed by atoms with Gasteiger partial charge in [0.2, 0.25) is 5.91 Å². The zero-order valence-corrected chi connectivity index (χ0v) is 11.0. The van der Waals surface area contributed by atoms with Crippen LogP contribution in [0.1, 0.15) is 32.6 Å². The number of hydrogen-bond acceptors (Lipinski definition) is 3. The number of rotatable bonds is 5. The van der Waals surface area contributed by atoms with E-state index in [-0.39, 0.29) is 0 Å². The van der Waals surface area contributed by atoms with Crippen molar-refractivity contribution in [1.82, 2.24) is 4.90 Å². The molecule has 4 unspecified atom stereocenters. The van der Waals surface area contributed by atoms with Gasteiger partial charge in [-0.3, -0.25) is 4.79 Å². The van der Waals surface area contributed by atoms with Crippen LogP contribution in [0.5, 0.6) is 0 Å². The van der Waals surface area contributed by atoms with Crippen LogP contribution in [0, 0.1) is 17.8 Å². The lowest BCUT2D eigenvalue weighted by atomic mass is 9.88. The molecule has 1 amide bonds. The third-order valence-corrected chi connectivity index (χ3v) is 4.59. The molecule has 0 aromatic carbocycles. The maximum atomic E-state index is 11.2. The summed E-state index contributed by atoms with van der Waals surface area (Å²) in [6, 6.07) is 0. The van der Waals surface area contributed by atoms with Gasteiger partial charge in [0.15, 0.2) is 0 Å². The van der Waals surface area contributed by atoms with E-state index in [0.29, 0.717) is 6.54 Å². The Balaban J connectivity index is 1.81. The minimum absolute atomic E-state index is 0.419. The van der Waals surface area contributed by atoms with Crippen molar-refractivity contribution in [3.63, 3.8) is 0 Å². The van der Waals surface area contributed by atoms with E-state index in [1.165, 1.54) is 25.7 Å². The first-order chi connectivity index (χ1) is 7.88. The summed E-state index contributed by atoms with van der Waals surface area (Å²) in [7, 11) is 2.04. The number of carbonyl (C=O) groups is 1. The molecule has 0 aliphatic heterocycles. The van der Waals surface area contributed by atoms with Crippen molar-refractivity contribution < 1.29 is 4.79 Å². The molecule has 2 fully saturated rings. The summed E-state index contributed by atoms with van der Waals surface area (Å²) >= 11 is 0. The van der Waals surface area contributed by atoms with Gasteiger partial charge in [-0.25, -0.2) is 0 Å². The summed E-state index contributed by atoms with van der Waals surface area (Å²) in [4.78, 5) is 13.4. The molecule has 2 aliphatic rings. The monoisotopic (exact) mass is 239 g/mol. The van der Waals surface area contributed by atoms with Crippen molar-refractivity contribution in [2.24, 2.45) is 29.2 Å². The summed E-state index contributed by atoms with van der Waals surface area (Å²) < 4.78 is 0. The van der Waals surface area contributed by atoms with Gasteiger partial charge < -0.3 is 16.4 Å². The van der Waals surface area contributed by atoms with E-state index in [4.69, 9.17) is 11.5 Å². The Morgan fingerprint density at radius 2 is 2.12 bits per heavy atom. The molecule has 17 heavy (non-hydrogen) atoms. The molecule has 2 rings (SSSR count). The summed E-state index contributed by atoms with van der Waals surface area (Å²) in [6.07, 6.45) is 5.63. The van der Waals surface area contributed by atoms with E-state index in [9.17, 15) is 4.79 Å². The largest absolute Gasteiger partial charge is 0.368 e. The van der Waals surface area contributed by atoms with Crippen molar-refractivity contribution >= 4 is 5.91 Å². The maximum absolute atomic E-state index is 11.2. The lowest BCUT2D eigenvalue weighted by Gasteiger charge is -2.31. The van der Waals surface area contributed by atoms with Crippen molar-refractivity contribution in [3.8, 4) is 0 Å². The molecule has 98 valence electrons. The third-order valence-electron chi connectivity index (χ3n) is 4.59. The molecule has 0 aromatic rings. The van der Waals surface area contributed by atoms with Crippen LogP contribution in [0.2, 0.25) is 0 Å². The molecule has 4 atom stereocenters. The number of primary amides is 1. The van der Waals surface area contributed by atoms with Crippen LogP contribution in [0.15, 0.2) is 0 Å². The zero-order chi connectivity index (χ0) is 12.6. The second-order valence-corrected chi connectivity index (χ2v) is 6.41. The van der Waals surface area contributed by atoms with E-state index in [1.54, 1.807) is 6.92 Å². The van der Waals surface area contributed by atoms with E-state index in [0.717, 1.165) is 24.3 Å². The molecule has 2 aliphatic carbocycles. The average Bonchev–Trinajstić information content (AvgIpc) is 2.77. The summed E-state index contributed by atoms with van der Waals surface area (Å²) in [5.41, 5.74) is 10.3. The Morgan fingerprint density at radius 3 is 2.59 bits per heavy atom. The van der Waals surface area contributed by atoms with Crippen LogP contribution in [-0.2, 0) is 4.79 Å². The lowest BCUT2D eigenvalue weighted by Crippen LogP contribution is -2.56. The Labute approximate surface area is 104 Å². The van der Waals surface area contributed by atoms with Gasteiger partial charge in [-0.1, -0.05) is 6.42 Å². The van der Waals surface area contributed by atoms with Gasteiger partial charge in [0.25, 0.3) is 0 Å². The SMILES string of the molecule is CN(CC1CC2CCC1C2)CC(C)(N)C(N)=O. The Morgan fingerprint density at radius 1 is 1.41 bits per heavy atom. The molecule has 0 aromatic heterocycles. The smallest absolute Gasteiger partial charge is 0.238 e. The summed E-state index contributed by atoms with van der Waals surface area (Å²) in [6.45, 7) is 3.32. The van der Waals surface area contributed by atoms with Crippen molar-refractivity contribution in [2.75, 3.05) is 20.1 Å². The highest BCUT2D eigenvalue weighted by Crippen LogP contribution is 2.48. The predicted molar refractivity (Wildman–Crippen MR) is 68.2 cm³/mol. The molecule has 0 spiro atoms. The molecule has 0 radical (unpaired) electrons. The van der Waals surface area contributed by atoms with Crippen LogP contribution in [0.25, 0.3) is 0 Å². The standard InChI is InChI=1S/C13H25N3O/c1-13(15,12(14)17)8-16(2)7-11-6-9-3-4-10(11)5-9/h9-11H,3-8,15H2,1-2H3,(H2,14,17). The first-order valence-electron chi connectivity index (χ1n) is 6.66. The van der Waals surface area contributed by atoms with Crippen LogP contribution >= 0.6 is 0 Å². The van der Waals surface area contributed by atoms with Crippen molar-refractivity contribution in [2.45, 2.75) is 38.1 Å². The fraction of sp³-hybridized carbons (Fsp3) is 0.923. The molecule has 4 heteroatoms. The van der Waals surface area contributed by atoms with Crippen LogP contribution in [-0.4, -0.2) is 36.5 Å². The third kappa shape index (κ3) is 2.80. The summed E-state index contributed by atoms with van der Waals surface area (Å²) in [5, 5.41) is 0. The first-order valence-corrected chi connectivity index (χ1v) is 6.66. The van der Waals surface area contributed by atoms with Crippen LogP contribution in [0.4, 0.5) is 0 Å². The average molecular weight is 239 g/mol. The number of hydrogen-bond donors (Lipinski definition) is 2. The van der Waals surface area contributed by atoms with Gasteiger partial charge in [0.05, 0.1) is 0 Å². The molecule has 0 heterocycles. The minimum atomic E-state index is -0.910. The second-order valence-electron chi connectivity index (χ2n) is 6.41. The Kier molecular flexibility index (Phi) is 3.46. The predicted octanol–water partition coefficient (Wildman–Crippen LogP) is 0.557. The van der Waals surface area contributed by atoms with Crippen molar-refractivity contribution in [3.05, 3.63) is 0 Å². The van der Waals surface area contributed by atoms with E-state index >= 15 is 0 Å². The van der Waals surface area contributed by atoms with Crippen LogP contribution < -0.4 is 11.5 Å². The van der Waals surface area contributed by atoms with Gasteiger partial charge in [0, 0.05) is 13.1 Å². The minimum Gasteiger partial charge on any atom is -0.368 e. The zero-order valence-electron chi connectivity index (χ0n) is 11.0. The molecule has 2 saturated carbocycles. The number of nitrogens with two attached hydrogens (primary N) is 2. The summed E-state index contributed by atoms with van der Waals surface area (Å²) in [5.74, 6) is 2.28. The Hall–Kier alpha value is -0.610. The molecular formula is C13H25N3O. The highest BCUT2D eigenvalue weighted by Gasteiger charge is 2.40. The number of likely N-dealkylation sites (N-methyl/N-ethyl adjacent to an activating group) is 1. The fourth-order valence-electron chi connectivity index (χ4n) is 3.70. The topological polar surface area (TPSA) is 72.3 Å². The lowest BCUT2D eigenvalue weighted by molar-refractivity contribution is -0.123. The Bertz CT molecular complexity index is 303. The quantitative estimate of drug-likeness (QED) is 0.736. The van der Waals surface area contributed by atoms with E-state index < -0.39 is 11.4 Å².